The molecule has 1 aliphatic heterocycles. The highest BCUT2D eigenvalue weighted by Gasteiger charge is 2.23. The van der Waals surface area contributed by atoms with Crippen LogP contribution in [0.3, 0.4) is 0 Å². The Labute approximate surface area is 116 Å². The molecule has 0 aliphatic carbocycles. The number of hydrogen-bond donors (Lipinski definition) is 1. The van der Waals surface area contributed by atoms with Crippen LogP contribution in [0.25, 0.3) is 10.9 Å². The van der Waals surface area contributed by atoms with Gasteiger partial charge in [-0.15, -0.1) is 0 Å². The Hall–Kier alpha value is -2.62. The van der Waals surface area contributed by atoms with Gasteiger partial charge in [-0.25, -0.2) is 9.97 Å². The predicted molar refractivity (Wildman–Crippen MR) is 77.8 cm³/mol. The summed E-state index contributed by atoms with van der Waals surface area (Å²) in [4.78, 5) is 8.90. The van der Waals surface area contributed by atoms with Crippen LogP contribution in [0.2, 0.25) is 0 Å². The van der Waals surface area contributed by atoms with Crippen LogP contribution in [0, 0.1) is 0 Å². The maximum absolute atomic E-state index is 5.65. The van der Waals surface area contributed by atoms with Gasteiger partial charge in [-0.05, 0) is 12.1 Å². The van der Waals surface area contributed by atoms with E-state index in [0.29, 0.717) is 12.6 Å². The van der Waals surface area contributed by atoms with Gasteiger partial charge in [-0.2, -0.15) is 0 Å². The molecule has 1 atom stereocenters. The lowest BCUT2D eigenvalue weighted by Gasteiger charge is -2.11. The smallest absolute Gasteiger partial charge is 0.223 e. The van der Waals surface area contributed by atoms with Gasteiger partial charge in [0.15, 0.2) is 0 Å². The second-order valence-corrected chi connectivity index (χ2v) is 4.80. The molecule has 1 N–H and O–H groups in total. The third-order valence-electron chi connectivity index (χ3n) is 3.49. The maximum atomic E-state index is 5.65. The van der Waals surface area contributed by atoms with Crippen LogP contribution < -0.4 is 10.1 Å². The lowest BCUT2D eigenvalue weighted by Crippen LogP contribution is -2.13. The first kappa shape index (κ1) is 11.2. The van der Waals surface area contributed by atoms with E-state index in [2.05, 4.69) is 21.4 Å². The van der Waals surface area contributed by atoms with Crippen molar-refractivity contribution in [3.8, 4) is 5.75 Å². The van der Waals surface area contributed by atoms with Crippen LogP contribution in [0.5, 0.6) is 5.75 Å². The molecule has 3 aromatic rings. The molecule has 1 aromatic heterocycles. The largest absolute Gasteiger partial charge is 0.491 e. The summed E-state index contributed by atoms with van der Waals surface area (Å²) < 4.78 is 5.65. The summed E-state index contributed by atoms with van der Waals surface area (Å²) in [5.74, 6) is 1.57. The summed E-state index contributed by atoms with van der Waals surface area (Å²) >= 11 is 0. The highest BCUT2D eigenvalue weighted by Crippen LogP contribution is 2.33. The lowest BCUT2D eigenvalue weighted by molar-refractivity contribution is 0.339. The van der Waals surface area contributed by atoms with Crippen LogP contribution in [-0.2, 0) is 0 Å². The van der Waals surface area contributed by atoms with E-state index in [1.54, 1.807) is 0 Å². The average Bonchev–Trinajstić information content (AvgIpc) is 2.91. The first-order valence-electron chi connectivity index (χ1n) is 6.60. The third-order valence-corrected chi connectivity index (χ3v) is 3.49. The molecule has 0 saturated heterocycles. The van der Waals surface area contributed by atoms with Crippen LogP contribution in [0.4, 0.5) is 5.95 Å². The third kappa shape index (κ3) is 1.86. The topological polar surface area (TPSA) is 47.0 Å². The Kier molecular flexibility index (Phi) is 2.52. The first-order chi connectivity index (χ1) is 9.90. The summed E-state index contributed by atoms with van der Waals surface area (Å²) in [5.41, 5.74) is 2.10. The number of anilines is 1. The van der Waals surface area contributed by atoms with Crippen LogP contribution >= 0.6 is 0 Å². The fraction of sp³-hybridized carbons (Fsp3) is 0.125. The lowest BCUT2D eigenvalue weighted by atomic mass is 10.1. The molecule has 1 unspecified atom stereocenters. The molecular weight excluding hydrogens is 250 g/mol. The number of hydrogen-bond acceptors (Lipinski definition) is 4. The molecule has 2 heterocycles. The quantitative estimate of drug-likeness (QED) is 0.771. The number of ether oxygens (including phenoxy) is 1. The Morgan fingerprint density at radius 2 is 1.90 bits per heavy atom. The molecule has 0 radical (unpaired) electrons. The highest BCUT2D eigenvalue weighted by atomic mass is 16.5. The zero-order chi connectivity index (χ0) is 13.4. The van der Waals surface area contributed by atoms with E-state index < -0.39 is 0 Å². The molecule has 0 fully saturated rings. The number of nitrogens with one attached hydrogen (secondary N) is 1. The zero-order valence-corrected chi connectivity index (χ0v) is 10.8. The van der Waals surface area contributed by atoms with E-state index in [4.69, 9.17) is 4.74 Å². The number of aromatic nitrogens is 2. The predicted octanol–water partition coefficient (Wildman–Crippen LogP) is 3.18. The Morgan fingerprint density at radius 3 is 2.90 bits per heavy atom. The number of benzene rings is 2. The van der Waals surface area contributed by atoms with Crippen molar-refractivity contribution >= 4 is 16.9 Å². The minimum Gasteiger partial charge on any atom is -0.491 e. The molecule has 20 heavy (non-hydrogen) atoms. The van der Waals surface area contributed by atoms with Crippen molar-refractivity contribution in [2.45, 2.75) is 6.04 Å². The fourth-order valence-corrected chi connectivity index (χ4v) is 2.48. The van der Waals surface area contributed by atoms with E-state index in [0.717, 1.165) is 22.2 Å². The number of para-hydroxylation sites is 2. The molecule has 4 nitrogen and oxygen atoms in total. The van der Waals surface area contributed by atoms with Gasteiger partial charge in [0.2, 0.25) is 5.95 Å². The van der Waals surface area contributed by atoms with Crippen LogP contribution in [-0.4, -0.2) is 16.6 Å². The summed E-state index contributed by atoms with van der Waals surface area (Å²) in [6.07, 6.45) is 1.84. The standard InChI is InChI=1S/C16H13N3O/c1-3-7-13-11(5-1)9-17-16(18-13)19-14-10-20-15-8-4-2-6-12(14)15/h1-9,14H,10H2,(H,17,18,19). The highest BCUT2D eigenvalue weighted by molar-refractivity contribution is 5.78. The van der Waals surface area contributed by atoms with Crippen molar-refractivity contribution in [1.29, 1.82) is 0 Å². The van der Waals surface area contributed by atoms with Crippen LogP contribution in [0.1, 0.15) is 11.6 Å². The second-order valence-electron chi connectivity index (χ2n) is 4.80. The number of rotatable bonds is 2. The van der Waals surface area contributed by atoms with Gasteiger partial charge in [0.05, 0.1) is 11.6 Å². The number of nitrogens with zero attached hydrogens (tertiary/aromatic N) is 2. The van der Waals surface area contributed by atoms with E-state index in [-0.39, 0.29) is 6.04 Å². The van der Waals surface area contributed by atoms with Crippen molar-refractivity contribution in [1.82, 2.24) is 9.97 Å². The molecule has 0 saturated carbocycles. The molecule has 0 spiro atoms. The second kappa shape index (κ2) is 4.49. The van der Waals surface area contributed by atoms with Gasteiger partial charge in [0.25, 0.3) is 0 Å². The Morgan fingerprint density at radius 1 is 1.05 bits per heavy atom. The van der Waals surface area contributed by atoms with Gasteiger partial charge < -0.3 is 10.1 Å². The Balaban J connectivity index is 1.65. The molecular formula is C16H13N3O. The first-order valence-corrected chi connectivity index (χ1v) is 6.60. The van der Waals surface area contributed by atoms with Crippen LogP contribution in [0.15, 0.2) is 54.7 Å². The normalized spacial score (nSPS) is 16.7. The van der Waals surface area contributed by atoms with E-state index in [1.807, 2.05) is 48.7 Å². The van der Waals surface area contributed by atoms with Gasteiger partial charge >= 0.3 is 0 Å². The van der Waals surface area contributed by atoms with Crippen molar-refractivity contribution < 1.29 is 4.74 Å². The minimum absolute atomic E-state index is 0.104. The van der Waals surface area contributed by atoms with Crippen molar-refractivity contribution in [2.24, 2.45) is 0 Å². The molecule has 0 amide bonds. The van der Waals surface area contributed by atoms with Gasteiger partial charge in [-0.1, -0.05) is 36.4 Å². The summed E-state index contributed by atoms with van der Waals surface area (Å²) in [7, 11) is 0. The SMILES string of the molecule is c1ccc2c(c1)OCC2Nc1ncc2ccccc2n1. The zero-order valence-electron chi connectivity index (χ0n) is 10.8. The summed E-state index contributed by atoms with van der Waals surface area (Å²) in [6.45, 7) is 0.607. The Bertz CT molecular complexity index is 772. The molecule has 0 bridgehead atoms. The summed E-state index contributed by atoms with van der Waals surface area (Å²) in [6, 6.07) is 16.1. The minimum atomic E-state index is 0.104. The molecule has 4 rings (SSSR count). The van der Waals surface area contributed by atoms with E-state index in [1.165, 1.54) is 0 Å². The van der Waals surface area contributed by atoms with Gasteiger partial charge in [-0.3, -0.25) is 0 Å². The van der Waals surface area contributed by atoms with Gasteiger partial charge in [0, 0.05) is 17.1 Å². The molecule has 1 aliphatic rings. The van der Waals surface area contributed by atoms with E-state index in [9.17, 15) is 0 Å². The maximum Gasteiger partial charge on any atom is 0.223 e. The summed E-state index contributed by atoms with van der Waals surface area (Å²) in [5, 5.41) is 4.38. The average molecular weight is 263 g/mol. The monoisotopic (exact) mass is 263 g/mol. The van der Waals surface area contributed by atoms with Gasteiger partial charge in [0.1, 0.15) is 12.4 Å². The van der Waals surface area contributed by atoms with Crippen molar-refractivity contribution in [2.75, 3.05) is 11.9 Å². The fourth-order valence-electron chi connectivity index (χ4n) is 2.48. The molecule has 98 valence electrons. The van der Waals surface area contributed by atoms with Crippen molar-refractivity contribution in [3.05, 3.63) is 60.3 Å². The number of fused-ring (bicyclic) bond motifs is 2. The van der Waals surface area contributed by atoms with E-state index >= 15 is 0 Å². The molecule has 2 aromatic carbocycles. The molecule has 4 heteroatoms. The van der Waals surface area contributed by atoms with Crippen molar-refractivity contribution in [3.63, 3.8) is 0 Å².